The molecule has 5 nitrogen and oxygen atoms in total. The summed E-state index contributed by atoms with van der Waals surface area (Å²) in [5.74, 6) is 1.71. The van der Waals surface area contributed by atoms with Gasteiger partial charge in [-0.1, -0.05) is 42.5 Å². The first-order valence-electron chi connectivity index (χ1n) is 9.58. The van der Waals surface area contributed by atoms with Crippen molar-refractivity contribution in [2.75, 3.05) is 33.4 Å². The van der Waals surface area contributed by atoms with Gasteiger partial charge >= 0.3 is 0 Å². The molecule has 0 bridgehead atoms. The zero-order valence-electron chi connectivity index (χ0n) is 16.8. The Balaban J connectivity index is 0.00000392. The fourth-order valence-electron chi connectivity index (χ4n) is 2.61. The Morgan fingerprint density at radius 1 is 0.964 bits per heavy atom. The van der Waals surface area contributed by atoms with E-state index in [0.717, 1.165) is 43.2 Å². The van der Waals surface area contributed by atoms with Crippen molar-refractivity contribution in [1.29, 1.82) is 0 Å². The van der Waals surface area contributed by atoms with Crippen molar-refractivity contribution in [1.82, 2.24) is 10.6 Å². The molecule has 0 amide bonds. The lowest BCUT2D eigenvalue weighted by molar-refractivity contribution is 0.172. The summed E-state index contributed by atoms with van der Waals surface area (Å²) in [6.45, 7) is 5.73. The third-order valence-electron chi connectivity index (χ3n) is 3.97. The molecule has 2 aromatic carbocycles. The van der Waals surface area contributed by atoms with Crippen molar-refractivity contribution in [3.63, 3.8) is 0 Å². The number of benzene rings is 2. The molecule has 2 aromatic rings. The molecule has 0 aliphatic carbocycles. The van der Waals surface area contributed by atoms with Crippen molar-refractivity contribution in [3.8, 4) is 5.75 Å². The van der Waals surface area contributed by atoms with Gasteiger partial charge in [0.2, 0.25) is 0 Å². The monoisotopic (exact) mass is 497 g/mol. The zero-order chi connectivity index (χ0) is 19.2. The Kier molecular flexibility index (Phi) is 13.1. The lowest BCUT2D eigenvalue weighted by Crippen LogP contribution is -2.38. The molecule has 0 radical (unpaired) electrons. The van der Waals surface area contributed by atoms with E-state index in [0.29, 0.717) is 19.8 Å². The molecule has 0 saturated carbocycles. The summed E-state index contributed by atoms with van der Waals surface area (Å²) < 4.78 is 10.8. The van der Waals surface area contributed by atoms with Gasteiger partial charge in [0.05, 0.1) is 13.2 Å². The van der Waals surface area contributed by atoms with Crippen LogP contribution in [0.4, 0.5) is 0 Å². The number of halogens is 1. The number of hydrogen-bond acceptors (Lipinski definition) is 3. The highest BCUT2D eigenvalue weighted by molar-refractivity contribution is 14.0. The highest BCUT2D eigenvalue weighted by Crippen LogP contribution is 2.14. The molecular weight excluding hydrogens is 465 g/mol. The maximum Gasteiger partial charge on any atom is 0.191 e. The lowest BCUT2D eigenvalue weighted by atomic mass is 10.1. The normalized spacial score (nSPS) is 10.9. The van der Waals surface area contributed by atoms with E-state index in [-0.39, 0.29) is 24.0 Å². The third kappa shape index (κ3) is 9.94. The molecule has 2 rings (SSSR count). The topological polar surface area (TPSA) is 54.9 Å². The van der Waals surface area contributed by atoms with Crippen LogP contribution in [0.2, 0.25) is 0 Å². The lowest BCUT2D eigenvalue weighted by Gasteiger charge is -2.12. The first kappa shape index (κ1) is 24.2. The van der Waals surface area contributed by atoms with Gasteiger partial charge in [0, 0.05) is 33.2 Å². The highest BCUT2D eigenvalue weighted by atomic mass is 127. The minimum Gasteiger partial charge on any atom is -0.493 e. The van der Waals surface area contributed by atoms with Gasteiger partial charge in [0.1, 0.15) is 5.75 Å². The predicted molar refractivity (Wildman–Crippen MR) is 127 cm³/mol. The number of ether oxygens (including phenoxy) is 2. The minimum atomic E-state index is 0. The molecule has 0 aromatic heterocycles. The molecular formula is C22H32IN3O2. The fourth-order valence-corrected chi connectivity index (χ4v) is 2.61. The fraction of sp³-hybridized carbons (Fsp3) is 0.409. The van der Waals surface area contributed by atoms with E-state index in [9.17, 15) is 0 Å². The Morgan fingerprint density at radius 3 is 2.50 bits per heavy atom. The van der Waals surface area contributed by atoms with Crippen LogP contribution in [0.1, 0.15) is 24.5 Å². The van der Waals surface area contributed by atoms with E-state index < -0.39 is 0 Å². The SMILES string of the molecule is CCNC(=NCc1cccc(OCCCOC)c1)NCCc1ccccc1.I. The summed E-state index contributed by atoms with van der Waals surface area (Å²) in [5.41, 5.74) is 2.44. The summed E-state index contributed by atoms with van der Waals surface area (Å²) in [5, 5.41) is 6.69. The van der Waals surface area contributed by atoms with Crippen LogP contribution >= 0.6 is 24.0 Å². The van der Waals surface area contributed by atoms with E-state index in [4.69, 9.17) is 9.47 Å². The smallest absolute Gasteiger partial charge is 0.191 e. The summed E-state index contributed by atoms with van der Waals surface area (Å²) in [4.78, 5) is 4.68. The number of nitrogens with one attached hydrogen (secondary N) is 2. The van der Waals surface area contributed by atoms with Crippen molar-refractivity contribution in [3.05, 3.63) is 65.7 Å². The molecule has 6 heteroatoms. The van der Waals surface area contributed by atoms with Gasteiger partial charge in [-0.15, -0.1) is 24.0 Å². The van der Waals surface area contributed by atoms with Gasteiger partial charge in [-0.2, -0.15) is 0 Å². The first-order valence-corrected chi connectivity index (χ1v) is 9.58. The summed E-state index contributed by atoms with van der Waals surface area (Å²) in [6.07, 6.45) is 1.85. The van der Waals surface area contributed by atoms with Crippen LogP contribution in [0.5, 0.6) is 5.75 Å². The second kappa shape index (κ2) is 15.2. The average Bonchev–Trinajstić information content (AvgIpc) is 2.70. The molecule has 0 unspecified atom stereocenters. The molecule has 0 heterocycles. The Labute approximate surface area is 186 Å². The van der Waals surface area contributed by atoms with Crippen LogP contribution in [0.3, 0.4) is 0 Å². The highest BCUT2D eigenvalue weighted by Gasteiger charge is 2.00. The van der Waals surface area contributed by atoms with Crippen LogP contribution < -0.4 is 15.4 Å². The van der Waals surface area contributed by atoms with E-state index in [2.05, 4.69) is 52.9 Å². The molecule has 2 N–H and O–H groups in total. The van der Waals surface area contributed by atoms with E-state index in [1.165, 1.54) is 5.56 Å². The number of hydrogen-bond donors (Lipinski definition) is 2. The molecule has 28 heavy (non-hydrogen) atoms. The average molecular weight is 497 g/mol. The quantitative estimate of drug-likeness (QED) is 0.213. The third-order valence-corrected chi connectivity index (χ3v) is 3.97. The summed E-state index contributed by atoms with van der Waals surface area (Å²) in [7, 11) is 1.70. The molecule has 0 spiro atoms. The van der Waals surface area contributed by atoms with Crippen LogP contribution in [0.15, 0.2) is 59.6 Å². The maximum atomic E-state index is 5.76. The Morgan fingerprint density at radius 2 is 1.75 bits per heavy atom. The summed E-state index contributed by atoms with van der Waals surface area (Å²) >= 11 is 0. The van der Waals surface area contributed by atoms with Crippen molar-refractivity contribution < 1.29 is 9.47 Å². The first-order chi connectivity index (χ1) is 13.3. The van der Waals surface area contributed by atoms with Gasteiger partial charge in [0.15, 0.2) is 5.96 Å². The predicted octanol–water partition coefficient (Wildman–Crippen LogP) is 4.02. The zero-order valence-corrected chi connectivity index (χ0v) is 19.1. The van der Waals surface area contributed by atoms with E-state index >= 15 is 0 Å². The molecule has 0 aliphatic rings. The van der Waals surface area contributed by atoms with Gasteiger partial charge in [-0.05, 0) is 36.6 Å². The number of nitrogens with zero attached hydrogens (tertiary/aromatic N) is 1. The summed E-state index contributed by atoms with van der Waals surface area (Å²) in [6, 6.07) is 18.6. The molecule has 0 saturated heterocycles. The van der Waals surface area contributed by atoms with Gasteiger partial charge in [-0.3, -0.25) is 0 Å². The Bertz CT molecular complexity index is 680. The second-order valence-corrected chi connectivity index (χ2v) is 6.20. The van der Waals surface area contributed by atoms with Crippen molar-refractivity contribution in [2.24, 2.45) is 4.99 Å². The Hall–Kier alpha value is -1.80. The number of guanidine groups is 1. The molecule has 0 aliphatic heterocycles. The largest absolute Gasteiger partial charge is 0.493 e. The maximum absolute atomic E-state index is 5.76. The van der Waals surface area contributed by atoms with Crippen molar-refractivity contribution in [2.45, 2.75) is 26.3 Å². The number of methoxy groups -OCH3 is 1. The molecule has 154 valence electrons. The number of rotatable bonds is 11. The standard InChI is InChI=1S/C22H31N3O2.HI/c1-3-23-22(24-14-13-19-9-5-4-6-10-19)25-18-20-11-7-12-21(17-20)27-16-8-15-26-2;/h4-7,9-12,17H,3,8,13-16,18H2,1-2H3,(H2,23,24,25);1H. The number of aliphatic imine (C=N–C) groups is 1. The van der Waals surface area contributed by atoms with Crippen molar-refractivity contribution >= 4 is 29.9 Å². The van der Waals surface area contributed by atoms with Gasteiger partial charge in [-0.25, -0.2) is 4.99 Å². The van der Waals surface area contributed by atoms with Gasteiger partial charge in [0.25, 0.3) is 0 Å². The molecule has 0 fully saturated rings. The minimum absolute atomic E-state index is 0. The second-order valence-electron chi connectivity index (χ2n) is 6.20. The van der Waals surface area contributed by atoms with Crippen LogP contribution in [-0.4, -0.2) is 39.4 Å². The van der Waals surface area contributed by atoms with Crippen LogP contribution in [0.25, 0.3) is 0 Å². The molecule has 0 atom stereocenters. The van der Waals surface area contributed by atoms with E-state index in [1.807, 2.05) is 24.3 Å². The van der Waals surface area contributed by atoms with E-state index in [1.54, 1.807) is 7.11 Å². The van der Waals surface area contributed by atoms with Gasteiger partial charge < -0.3 is 20.1 Å². The van der Waals surface area contributed by atoms with Crippen LogP contribution in [0, 0.1) is 0 Å². The van der Waals surface area contributed by atoms with Crippen LogP contribution in [-0.2, 0) is 17.7 Å².